The van der Waals surface area contributed by atoms with Gasteiger partial charge in [0.1, 0.15) is 0 Å². The van der Waals surface area contributed by atoms with E-state index in [1.807, 2.05) is 11.8 Å². The second kappa shape index (κ2) is 11.9. The third-order valence-corrected chi connectivity index (χ3v) is 5.17. The zero-order chi connectivity index (χ0) is 17.4. The highest BCUT2D eigenvalue weighted by molar-refractivity contribution is 14.0. The van der Waals surface area contributed by atoms with E-state index in [0.29, 0.717) is 12.5 Å². The maximum Gasteiger partial charge on any atom is 0.222 e. The van der Waals surface area contributed by atoms with Crippen LogP contribution in [0.3, 0.4) is 0 Å². The summed E-state index contributed by atoms with van der Waals surface area (Å²) < 4.78 is 0. The molecule has 0 bridgehead atoms. The van der Waals surface area contributed by atoms with E-state index in [1.54, 1.807) is 0 Å². The van der Waals surface area contributed by atoms with E-state index in [1.165, 1.54) is 32.4 Å². The lowest BCUT2D eigenvalue weighted by Crippen LogP contribution is -2.45. The van der Waals surface area contributed by atoms with Crippen LogP contribution in [-0.4, -0.2) is 74.0 Å². The summed E-state index contributed by atoms with van der Waals surface area (Å²) in [6, 6.07) is 0.321. The number of amides is 1. The van der Waals surface area contributed by atoms with Crippen molar-refractivity contribution in [2.24, 2.45) is 10.9 Å². The first-order valence-electron chi connectivity index (χ1n) is 9.63. The van der Waals surface area contributed by atoms with Gasteiger partial charge in [0, 0.05) is 38.6 Å². The van der Waals surface area contributed by atoms with Gasteiger partial charge >= 0.3 is 0 Å². The predicted octanol–water partition coefficient (Wildman–Crippen LogP) is 1.90. The van der Waals surface area contributed by atoms with E-state index >= 15 is 0 Å². The topological polar surface area (TPSA) is 60.0 Å². The van der Waals surface area contributed by atoms with E-state index in [0.717, 1.165) is 44.5 Å². The summed E-state index contributed by atoms with van der Waals surface area (Å²) in [4.78, 5) is 20.9. The number of rotatable bonds is 6. The van der Waals surface area contributed by atoms with Gasteiger partial charge in [0.25, 0.3) is 0 Å². The van der Waals surface area contributed by atoms with Gasteiger partial charge in [0.05, 0.1) is 0 Å². The van der Waals surface area contributed by atoms with E-state index in [2.05, 4.69) is 29.5 Å². The molecule has 0 saturated carbocycles. The monoisotopic (exact) mass is 465 g/mol. The van der Waals surface area contributed by atoms with Gasteiger partial charge in [0.15, 0.2) is 5.96 Å². The fourth-order valence-corrected chi connectivity index (χ4v) is 3.55. The highest BCUT2D eigenvalue weighted by Gasteiger charge is 2.25. The summed E-state index contributed by atoms with van der Waals surface area (Å²) in [5, 5.41) is 6.85. The summed E-state index contributed by atoms with van der Waals surface area (Å²) in [6.45, 7) is 9.86. The summed E-state index contributed by atoms with van der Waals surface area (Å²) in [6.07, 6.45) is 5.37. The quantitative estimate of drug-likeness (QED) is 0.358. The number of carbonyl (C=O) groups is 1. The number of hydrogen-bond donors (Lipinski definition) is 2. The zero-order valence-electron chi connectivity index (χ0n) is 16.1. The van der Waals surface area contributed by atoms with Gasteiger partial charge in [-0.1, -0.05) is 6.92 Å². The van der Waals surface area contributed by atoms with Crippen LogP contribution in [0.15, 0.2) is 4.99 Å². The van der Waals surface area contributed by atoms with Crippen molar-refractivity contribution in [2.75, 3.05) is 46.3 Å². The molecule has 0 spiro atoms. The number of halogens is 1. The van der Waals surface area contributed by atoms with Crippen molar-refractivity contribution >= 4 is 35.8 Å². The summed E-state index contributed by atoms with van der Waals surface area (Å²) >= 11 is 0. The van der Waals surface area contributed by atoms with Crippen molar-refractivity contribution in [3.63, 3.8) is 0 Å². The molecular weight excluding hydrogens is 429 g/mol. The van der Waals surface area contributed by atoms with E-state index in [9.17, 15) is 4.79 Å². The molecule has 2 aliphatic heterocycles. The lowest BCUT2D eigenvalue weighted by Gasteiger charge is -2.28. The normalized spacial score (nSPS) is 22.6. The molecule has 2 heterocycles. The molecule has 146 valence electrons. The van der Waals surface area contributed by atoms with Crippen molar-refractivity contribution in [2.45, 2.75) is 52.0 Å². The molecule has 2 aliphatic rings. The number of piperidine rings is 1. The summed E-state index contributed by atoms with van der Waals surface area (Å²) in [7, 11) is 2.20. The van der Waals surface area contributed by atoms with Crippen LogP contribution < -0.4 is 10.6 Å². The lowest BCUT2D eigenvalue weighted by atomic mass is 9.94. The molecule has 0 aliphatic carbocycles. The summed E-state index contributed by atoms with van der Waals surface area (Å²) in [5.41, 5.74) is 0. The highest BCUT2D eigenvalue weighted by Crippen LogP contribution is 2.19. The van der Waals surface area contributed by atoms with Gasteiger partial charge in [-0.05, 0) is 58.7 Å². The SMILES string of the molecule is CCNC(=NCCC1CCN(C)CC1)NC1CCN(C(=O)CC)C1.I. The number of nitrogens with one attached hydrogen (secondary N) is 2. The highest BCUT2D eigenvalue weighted by atomic mass is 127. The Morgan fingerprint density at radius 1 is 1.16 bits per heavy atom. The molecule has 25 heavy (non-hydrogen) atoms. The Morgan fingerprint density at radius 3 is 2.52 bits per heavy atom. The maximum atomic E-state index is 11.8. The third kappa shape index (κ3) is 7.68. The van der Waals surface area contributed by atoms with E-state index in [-0.39, 0.29) is 29.9 Å². The molecule has 2 N–H and O–H groups in total. The minimum absolute atomic E-state index is 0. The van der Waals surface area contributed by atoms with Gasteiger partial charge in [0.2, 0.25) is 5.91 Å². The molecule has 7 heteroatoms. The van der Waals surface area contributed by atoms with Gasteiger partial charge in [-0.3, -0.25) is 9.79 Å². The van der Waals surface area contributed by atoms with Crippen LogP contribution in [0.5, 0.6) is 0 Å². The molecular formula is C18H36IN5O. The van der Waals surface area contributed by atoms with Crippen LogP contribution in [-0.2, 0) is 4.79 Å². The van der Waals surface area contributed by atoms with E-state index in [4.69, 9.17) is 4.99 Å². The average molecular weight is 465 g/mol. The van der Waals surface area contributed by atoms with Gasteiger partial charge in [-0.2, -0.15) is 0 Å². The standard InChI is InChI=1S/C18H35N5O.HI/c1-4-17(24)23-13-9-16(14-23)21-18(19-5-2)20-10-6-15-7-11-22(3)12-8-15;/h15-16H,4-14H2,1-3H3,(H2,19,20,21);1H. The molecule has 0 aromatic carbocycles. The van der Waals surface area contributed by atoms with Crippen molar-refractivity contribution in [1.29, 1.82) is 0 Å². The number of likely N-dealkylation sites (tertiary alicyclic amines) is 2. The first-order valence-corrected chi connectivity index (χ1v) is 9.63. The van der Waals surface area contributed by atoms with Gasteiger partial charge in [-0.25, -0.2) is 0 Å². The predicted molar refractivity (Wildman–Crippen MR) is 115 cm³/mol. The van der Waals surface area contributed by atoms with Crippen LogP contribution in [0.25, 0.3) is 0 Å². The van der Waals surface area contributed by atoms with Gasteiger partial charge < -0.3 is 20.4 Å². The third-order valence-electron chi connectivity index (χ3n) is 5.17. The molecule has 2 fully saturated rings. The average Bonchev–Trinajstić information content (AvgIpc) is 3.04. The fourth-order valence-electron chi connectivity index (χ4n) is 3.55. The number of carbonyl (C=O) groups excluding carboxylic acids is 1. The molecule has 1 amide bonds. The minimum Gasteiger partial charge on any atom is -0.357 e. The number of guanidine groups is 1. The fraction of sp³-hybridized carbons (Fsp3) is 0.889. The Labute approximate surface area is 170 Å². The molecule has 1 atom stereocenters. The van der Waals surface area contributed by atoms with Crippen molar-refractivity contribution < 1.29 is 4.79 Å². The number of nitrogens with zero attached hydrogens (tertiary/aromatic N) is 3. The molecule has 0 radical (unpaired) electrons. The Kier molecular flexibility index (Phi) is 10.7. The Hall–Kier alpha value is -0.570. The first kappa shape index (κ1) is 22.5. The first-order chi connectivity index (χ1) is 11.6. The van der Waals surface area contributed by atoms with Crippen LogP contribution >= 0.6 is 24.0 Å². The van der Waals surface area contributed by atoms with Crippen molar-refractivity contribution in [1.82, 2.24) is 20.4 Å². The number of aliphatic imine (C=N–C) groups is 1. The second-order valence-corrected chi connectivity index (χ2v) is 7.12. The smallest absolute Gasteiger partial charge is 0.222 e. The lowest BCUT2D eigenvalue weighted by molar-refractivity contribution is -0.129. The van der Waals surface area contributed by atoms with Crippen molar-refractivity contribution in [3.8, 4) is 0 Å². The largest absolute Gasteiger partial charge is 0.357 e. The maximum absolute atomic E-state index is 11.8. The van der Waals surface area contributed by atoms with Crippen LogP contribution in [0.2, 0.25) is 0 Å². The van der Waals surface area contributed by atoms with Crippen LogP contribution in [0, 0.1) is 5.92 Å². The molecule has 1 unspecified atom stereocenters. The van der Waals surface area contributed by atoms with Crippen LogP contribution in [0.4, 0.5) is 0 Å². The Balaban J connectivity index is 0.00000312. The molecule has 2 saturated heterocycles. The molecule has 2 rings (SSSR count). The Morgan fingerprint density at radius 2 is 1.88 bits per heavy atom. The number of hydrogen-bond acceptors (Lipinski definition) is 3. The molecule has 0 aromatic rings. The van der Waals surface area contributed by atoms with Gasteiger partial charge in [-0.15, -0.1) is 24.0 Å². The Bertz CT molecular complexity index is 424. The molecule has 0 aromatic heterocycles. The second-order valence-electron chi connectivity index (χ2n) is 7.12. The van der Waals surface area contributed by atoms with Crippen LogP contribution in [0.1, 0.15) is 46.0 Å². The van der Waals surface area contributed by atoms with E-state index < -0.39 is 0 Å². The zero-order valence-corrected chi connectivity index (χ0v) is 18.4. The minimum atomic E-state index is 0. The molecule has 6 nitrogen and oxygen atoms in total. The van der Waals surface area contributed by atoms with Crippen molar-refractivity contribution in [3.05, 3.63) is 0 Å². The summed E-state index contributed by atoms with van der Waals surface area (Å²) in [5.74, 6) is 1.97.